The summed E-state index contributed by atoms with van der Waals surface area (Å²) in [5.41, 5.74) is 5.47. The minimum atomic E-state index is 0.262. The lowest BCUT2D eigenvalue weighted by atomic mass is 9.92. The number of fused-ring (bicyclic) bond motifs is 1. The highest BCUT2D eigenvalue weighted by molar-refractivity contribution is 5.99. The molecule has 0 saturated carbocycles. The maximum absolute atomic E-state index is 12.1. The Morgan fingerprint density at radius 2 is 2.05 bits per heavy atom. The normalized spacial score (nSPS) is 14.5. The highest BCUT2D eigenvalue weighted by Gasteiger charge is 2.25. The molecule has 0 amide bonds. The van der Waals surface area contributed by atoms with E-state index in [1.807, 2.05) is 23.9 Å². The lowest BCUT2D eigenvalue weighted by Gasteiger charge is -2.11. The Labute approximate surface area is 113 Å². The third-order valence-electron chi connectivity index (χ3n) is 3.95. The van der Waals surface area contributed by atoms with E-state index in [1.54, 1.807) is 0 Å². The molecule has 0 atom stereocenters. The van der Waals surface area contributed by atoms with Crippen LogP contribution in [-0.4, -0.2) is 15.6 Å². The molecular weight excluding hydrogens is 236 g/mol. The third kappa shape index (κ3) is 2.09. The lowest BCUT2D eigenvalue weighted by Crippen LogP contribution is -2.12. The molecule has 2 aromatic rings. The molecule has 0 radical (unpaired) electrons. The molecule has 1 aromatic heterocycles. The standard InChI is InChI=1S/C16H18N2O/c1-11-6-3-4-7-12(11)10-14-16-13(17-18(14)2)8-5-9-15(16)19/h3-4,6-7H,5,8-10H2,1-2H3. The number of hydrogen-bond donors (Lipinski definition) is 0. The van der Waals surface area contributed by atoms with E-state index < -0.39 is 0 Å². The summed E-state index contributed by atoms with van der Waals surface area (Å²) in [6, 6.07) is 8.33. The van der Waals surface area contributed by atoms with Crippen LogP contribution < -0.4 is 0 Å². The molecule has 0 aliphatic heterocycles. The SMILES string of the molecule is Cc1ccccc1Cc1c2c(nn1C)CCCC2=O. The van der Waals surface area contributed by atoms with Gasteiger partial charge in [0.25, 0.3) is 0 Å². The molecule has 19 heavy (non-hydrogen) atoms. The van der Waals surface area contributed by atoms with E-state index in [2.05, 4.69) is 24.2 Å². The number of carbonyl (C=O) groups is 1. The molecule has 3 nitrogen and oxygen atoms in total. The summed E-state index contributed by atoms with van der Waals surface area (Å²) in [5.74, 6) is 0.262. The average Bonchev–Trinajstić information content (AvgIpc) is 2.70. The van der Waals surface area contributed by atoms with Gasteiger partial charge in [-0.25, -0.2) is 0 Å². The Bertz CT molecular complexity index is 640. The van der Waals surface area contributed by atoms with Crippen LogP contribution in [0, 0.1) is 6.92 Å². The van der Waals surface area contributed by atoms with Gasteiger partial charge in [0, 0.05) is 19.9 Å². The molecule has 1 aromatic carbocycles. The highest BCUT2D eigenvalue weighted by atomic mass is 16.1. The fraction of sp³-hybridized carbons (Fsp3) is 0.375. The van der Waals surface area contributed by atoms with E-state index in [-0.39, 0.29) is 5.78 Å². The van der Waals surface area contributed by atoms with E-state index in [9.17, 15) is 4.79 Å². The summed E-state index contributed by atoms with van der Waals surface area (Å²) in [5, 5.41) is 4.52. The molecule has 0 fully saturated rings. The Morgan fingerprint density at radius 1 is 1.26 bits per heavy atom. The van der Waals surface area contributed by atoms with Gasteiger partial charge in [-0.2, -0.15) is 5.10 Å². The number of rotatable bonds is 2. The predicted octanol–water partition coefficient (Wildman–Crippen LogP) is 2.84. The van der Waals surface area contributed by atoms with Gasteiger partial charge in [0.15, 0.2) is 5.78 Å². The first-order valence-corrected chi connectivity index (χ1v) is 6.79. The Kier molecular flexibility index (Phi) is 2.97. The fourth-order valence-electron chi connectivity index (χ4n) is 2.85. The number of nitrogens with zero attached hydrogens (tertiary/aromatic N) is 2. The van der Waals surface area contributed by atoms with E-state index in [1.165, 1.54) is 11.1 Å². The van der Waals surface area contributed by atoms with Gasteiger partial charge in [0.1, 0.15) is 0 Å². The van der Waals surface area contributed by atoms with Crippen LogP contribution in [0.3, 0.4) is 0 Å². The number of aryl methyl sites for hydroxylation is 3. The number of benzene rings is 1. The minimum absolute atomic E-state index is 0.262. The maximum atomic E-state index is 12.1. The number of Topliss-reactive ketones (excluding diaryl/α,β-unsaturated/α-hetero) is 1. The van der Waals surface area contributed by atoms with E-state index in [0.29, 0.717) is 6.42 Å². The Morgan fingerprint density at radius 3 is 2.84 bits per heavy atom. The van der Waals surface area contributed by atoms with Gasteiger partial charge in [-0.1, -0.05) is 24.3 Å². The molecule has 0 spiro atoms. The number of hydrogen-bond acceptors (Lipinski definition) is 2. The van der Waals surface area contributed by atoms with Crippen LogP contribution in [0.15, 0.2) is 24.3 Å². The van der Waals surface area contributed by atoms with Crippen molar-refractivity contribution < 1.29 is 4.79 Å². The second kappa shape index (κ2) is 4.65. The first-order chi connectivity index (χ1) is 9.16. The zero-order valence-corrected chi connectivity index (χ0v) is 11.4. The van der Waals surface area contributed by atoms with Gasteiger partial charge >= 0.3 is 0 Å². The van der Waals surface area contributed by atoms with E-state index >= 15 is 0 Å². The van der Waals surface area contributed by atoms with Crippen LogP contribution >= 0.6 is 0 Å². The largest absolute Gasteiger partial charge is 0.294 e. The van der Waals surface area contributed by atoms with Crippen LogP contribution in [0.5, 0.6) is 0 Å². The van der Waals surface area contributed by atoms with Crippen molar-refractivity contribution in [2.45, 2.75) is 32.6 Å². The molecular formula is C16H18N2O. The maximum Gasteiger partial charge on any atom is 0.166 e. The minimum Gasteiger partial charge on any atom is -0.294 e. The van der Waals surface area contributed by atoms with Crippen molar-refractivity contribution in [2.24, 2.45) is 7.05 Å². The van der Waals surface area contributed by atoms with E-state index in [0.717, 1.165) is 36.2 Å². The number of ketones is 1. The molecule has 3 heteroatoms. The highest BCUT2D eigenvalue weighted by Crippen LogP contribution is 2.26. The van der Waals surface area contributed by atoms with Gasteiger partial charge in [-0.3, -0.25) is 9.48 Å². The van der Waals surface area contributed by atoms with Crippen molar-refractivity contribution in [3.8, 4) is 0 Å². The monoisotopic (exact) mass is 254 g/mol. The first kappa shape index (κ1) is 12.2. The van der Waals surface area contributed by atoms with Gasteiger partial charge in [0.05, 0.1) is 17.0 Å². The van der Waals surface area contributed by atoms with Gasteiger partial charge < -0.3 is 0 Å². The molecule has 0 bridgehead atoms. The van der Waals surface area contributed by atoms with Gasteiger partial charge in [-0.15, -0.1) is 0 Å². The van der Waals surface area contributed by atoms with Crippen molar-refractivity contribution in [3.05, 3.63) is 52.3 Å². The molecule has 98 valence electrons. The van der Waals surface area contributed by atoms with E-state index in [4.69, 9.17) is 0 Å². The summed E-state index contributed by atoms with van der Waals surface area (Å²) < 4.78 is 1.89. The summed E-state index contributed by atoms with van der Waals surface area (Å²) in [7, 11) is 1.94. The van der Waals surface area contributed by atoms with Crippen LogP contribution in [0.25, 0.3) is 0 Å². The molecule has 3 rings (SSSR count). The average molecular weight is 254 g/mol. The Balaban J connectivity index is 2.04. The fourth-order valence-corrected chi connectivity index (χ4v) is 2.85. The predicted molar refractivity (Wildman–Crippen MR) is 74.5 cm³/mol. The Hall–Kier alpha value is -1.90. The van der Waals surface area contributed by atoms with Crippen molar-refractivity contribution in [2.75, 3.05) is 0 Å². The smallest absolute Gasteiger partial charge is 0.166 e. The van der Waals surface area contributed by atoms with Crippen LogP contribution in [0.2, 0.25) is 0 Å². The van der Waals surface area contributed by atoms with Crippen LogP contribution in [0.1, 0.15) is 45.7 Å². The summed E-state index contributed by atoms with van der Waals surface area (Å²) in [6.45, 7) is 2.11. The van der Waals surface area contributed by atoms with Crippen molar-refractivity contribution in [3.63, 3.8) is 0 Å². The topological polar surface area (TPSA) is 34.9 Å². The summed E-state index contributed by atoms with van der Waals surface area (Å²) >= 11 is 0. The number of aromatic nitrogens is 2. The second-order valence-electron chi connectivity index (χ2n) is 5.27. The summed E-state index contributed by atoms with van der Waals surface area (Å²) in [4.78, 5) is 12.1. The molecule has 1 heterocycles. The van der Waals surface area contributed by atoms with Crippen molar-refractivity contribution in [1.29, 1.82) is 0 Å². The zero-order valence-electron chi connectivity index (χ0n) is 11.4. The quantitative estimate of drug-likeness (QED) is 0.826. The van der Waals surface area contributed by atoms with Crippen LogP contribution in [0.4, 0.5) is 0 Å². The first-order valence-electron chi connectivity index (χ1n) is 6.79. The van der Waals surface area contributed by atoms with Crippen molar-refractivity contribution >= 4 is 5.78 Å². The number of carbonyl (C=O) groups excluding carboxylic acids is 1. The lowest BCUT2D eigenvalue weighted by molar-refractivity contribution is 0.0971. The van der Waals surface area contributed by atoms with Gasteiger partial charge in [-0.05, 0) is 30.9 Å². The second-order valence-corrected chi connectivity index (χ2v) is 5.27. The van der Waals surface area contributed by atoms with Gasteiger partial charge in [0.2, 0.25) is 0 Å². The third-order valence-corrected chi connectivity index (χ3v) is 3.95. The molecule has 0 saturated heterocycles. The van der Waals surface area contributed by atoms with Crippen molar-refractivity contribution in [1.82, 2.24) is 9.78 Å². The molecule has 1 aliphatic rings. The zero-order chi connectivity index (χ0) is 13.4. The molecule has 0 unspecified atom stereocenters. The summed E-state index contributed by atoms with van der Waals surface area (Å²) in [6.07, 6.45) is 3.33. The molecule has 1 aliphatic carbocycles. The molecule has 0 N–H and O–H groups in total. The van der Waals surface area contributed by atoms with Crippen LogP contribution in [-0.2, 0) is 19.9 Å².